The number of carbonyl (C=O) groups excluding carboxylic acids is 2. The molecule has 1 N–H and O–H groups in total. The first-order chi connectivity index (χ1) is 17.5. The maximum Gasteiger partial charge on any atom is 0.254 e. The van der Waals surface area contributed by atoms with Crippen LogP contribution in [0.4, 0.5) is 4.39 Å². The van der Waals surface area contributed by atoms with E-state index in [0.29, 0.717) is 25.1 Å². The molecule has 5 nitrogen and oxygen atoms in total. The largest absolute Gasteiger partial charge is 0.361 e. The lowest BCUT2D eigenvalue weighted by Gasteiger charge is -2.28. The topological polar surface area (TPSA) is 56.4 Å². The Morgan fingerprint density at radius 1 is 0.972 bits per heavy atom. The molecule has 1 heterocycles. The molecular weight excluding hydrogens is 453 g/mol. The summed E-state index contributed by atoms with van der Waals surface area (Å²) >= 11 is 0. The minimum atomic E-state index is -0.306. The van der Waals surface area contributed by atoms with Crippen LogP contribution < -0.4 is 0 Å². The van der Waals surface area contributed by atoms with E-state index in [0.717, 1.165) is 40.4 Å². The van der Waals surface area contributed by atoms with E-state index in [9.17, 15) is 14.0 Å². The van der Waals surface area contributed by atoms with Crippen molar-refractivity contribution in [3.05, 3.63) is 107 Å². The van der Waals surface area contributed by atoms with Crippen molar-refractivity contribution in [2.24, 2.45) is 0 Å². The number of aromatic amines is 1. The van der Waals surface area contributed by atoms with Gasteiger partial charge in [0.05, 0.1) is 0 Å². The van der Waals surface area contributed by atoms with Gasteiger partial charge in [-0.25, -0.2) is 4.39 Å². The van der Waals surface area contributed by atoms with Crippen LogP contribution in [0.2, 0.25) is 0 Å². The molecule has 0 unspecified atom stereocenters. The average molecular weight is 484 g/mol. The van der Waals surface area contributed by atoms with Crippen molar-refractivity contribution in [1.29, 1.82) is 0 Å². The number of nitrogens with one attached hydrogen (secondary N) is 1. The van der Waals surface area contributed by atoms with Crippen molar-refractivity contribution in [2.75, 3.05) is 13.1 Å². The second-order valence-electron chi connectivity index (χ2n) is 9.58. The number of rotatable bonds is 9. The molecule has 4 aromatic rings. The van der Waals surface area contributed by atoms with Crippen molar-refractivity contribution in [3.63, 3.8) is 0 Å². The monoisotopic (exact) mass is 483 g/mol. The fourth-order valence-electron chi connectivity index (χ4n) is 4.56. The van der Waals surface area contributed by atoms with Crippen LogP contribution in [0, 0.1) is 12.7 Å². The Morgan fingerprint density at radius 3 is 2.42 bits per heavy atom. The van der Waals surface area contributed by atoms with Crippen LogP contribution in [0.1, 0.15) is 39.9 Å². The Hall–Kier alpha value is -3.93. The number of para-hydroxylation sites is 1. The van der Waals surface area contributed by atoms with E-state index in [-0.39, 0.29) is 30.2 Å². The van der Waals surface area contributed by atoms with Gasteiger partial charge in [0.1, 0.15) is 12.4 Å². The molecule has 1 aromatic heterocycles. The number of halogens is 1. The van der Waals surface area contributed by atoms with E-state index >= 15 is 0 Å². The van der Waals surface area contributed by atoms with Crippen molar-refractivity contribution in [3.8, 4) is 0 Å². The number of hydrogen-bond donors (Lipinski definition) is 1. The zero-order valence-corrected chi connectivity index (χ0v) is 20.4. The molecule has 0 spiro atoms. The summed E-state index contributed by atoms with van der Waals surface area (Å²) in [6, 6.07) is 21.9. The van der Waals surface area contributed by atoms with E-state index in [1.165, 1.54) is 12.1 Å². The van der Waals surface area contributed by atoms with Gasteiger partial charge in [-0.2, -0.15) is 0 Å². The van der Waals surface area contributed by atoms with Crippen LogP contribution >= 0.6 is 0 Å². The number of aryl methyl sites for hydroxylation is 1. The van der Waals surface area contributed by atoms with Gasteiger partial charge in [0, 0.05) is 41.8 Å². The smallest absolute Gasteiger partial charge is 0.254 e. The molecule has 0 atom stereocenters. The summed E-state index contributed by atoms with van der Waals surface area (Å²) < 4.78 is 13.5. The molecule has 1 saturated carbocycles. The van der Waals surface area contributed by atoms with E-state index in [4.69, 9.17) is 0 Å². The standard InChI is InChI=1S/C30H30FN3O2/c1-21-6-10-23(11-7-21)30(36)34(26-14-15-26)20-29(35)33(19-22-8-12-25(31)13-9-22)17-16-24-18-32-28-5-3-2-4-27(24)28/h2-13,18,26,32H,14-17,19-20H2,1H3. The lowest BCUT2D eigenvalue weighted by molar-refractivity contribution is -0.132. The number of carbonyl (C=O) groups is 2. The molecule has 36 heavy (non-hydrogen) atoms. The molecule has 2 amide bonds. The summed E-state index contributed by atoms with van der Waals surface area (Å²) in [7, 11) is 0. The summed E-state index contributed by atoms with van der Waals surface area (Å²) in [5, 5.41) is 1.14. The van der Waals surface area contributed by atoms with Crippen molar-refractivity contribution in [2.45, 2.75) is 38.8 Å². The Kier molecular flexibility index (Phi) is 6.85. The fraction of sp³-hybridized carbons (Fsp3) is 0.267. The summed E-state index contributed by atoms with van der Waals surface area (Å²) in [6.07, 6.45) is 4.49. The summed E-state index contributed by atoms with van der Waals surface area (Å²) in [5.74, 6) is -0.519. The van der Waals surface area contributed by atoms with Crippen molar-refractivity contribution >= 4 is 22.7 Å². The molecule has 3 aromatic carbocycles. The van der Waals surface area contributed by atoms with Gasteiger partial charge in [0.15, 0.2) is 0 Å². The number of hydrogen-bond acceptors (Lipinski definition) is 2. The van der Waals surface area contributed by atoms with Gasteiger partial charge in [0.25, 0.3) is 5.91 Å². The average Bonchev–Trinajstić information content (AvgIpc) is 3.65. The van der Waals surface area contributed by atoms with Gasteiger partial charge in [-0.05, 0) is 67.6 Å². The fourth-order valence-corrected chi connectivity index (χ4v) is 4.56. The van der Waals surface area contributed by atoms with Gasteiger partial charge in [0.2, 0.25) is 5.91 Å². The van der Waals surface area contributed by atoms with Crippen LogP contribution in [0.25, 0.3) is 10.9 Å². The van der Waals surface area contributed by atoms with E-state index < -0.39 is 0 Å². The molecule has 1 aliphatic rings. The second kappa shape index (κ2) is 10.4. The summed E-state index contributed by atoms with van der Waals surface area (Å²) in [5.41, 5.74) is 4.74. The third-order valence-electron chi connectivity index (χ3n) is 6.82. The predicted molar refractivity (Wildman–Crippen MR) is 139 cm³/mol. The molecule has 0 saturated heterocycles. The maximum absolute atomic E-state index is 13.6. The molecule has 1 aliphatic carbocycles. The number of aromatic nitrogens is 1. The zero-order chi connectivity index (χ0) is 25.1. The third kappa shape index (κ3) is 5.48. The Balaban J connectivity index is 1.35. The van der Waals surface area contributed by atoms with Crippen LogP contribution in [0.3, 0.4) is 0 Å². The Bertz CT molecular complexity index is 1360. The first kappa shape index (κ1) is 23.8. The minimum absolute atomic E-state index is 0.0342. The number of benzene rings is 3. The highest BCUT2D eigenvalue weighted by molar-refractivity contribution is 5.97. The number of fused-ring (bicyclic) bond motifs is 1. The first-order valence-corrected chi connectivity index (χ1v) is 12.4. The number of amides is 2. The number of H-pyrrole nitrogens is 1. The number of nitrogens with zero attached hydrogens (tertiary/aromatic N) is 2. The first-order valence-electron chi connectivity index (χ1n) is 12.4. The highest BCUT2D eigenvalue weighted by Gasteiger charge is 2.35. The van der Waals surface area contributed by atoms with E-state index in [1.807, 2.05) is 55.6 Å². The quantitative estimate of drug-likeness (QED) is 0.342. The molecule has 184 valence electrons. The van der Waals surface area contributed by atoms with Crippen LogP contribution in [0.15, 0.2) is 79.0 Å². The zero-order valence-electron chi connectivity index (χ0n) is 20.4. The third-order valence-corrected chi connectivity index (χ3v) is 6.82. The van der Waals surface area contributed by atoms with Gasteiger partial charge < -0.3 is 14.8 Å². The van der Waals surface area contributed by atoms with E-state index in [2.05, 4.69) is 11.1 Å². The Labute approximate surface area is 210 Å². The van der Waals surface area contributed by atoms with Crippen LogP contribution in [0.5, 0.6) is 0 Å². The molecule has 6 heteroatoms. The van der Waals surface area contributed by atoms with Gasteiger partial charge in [-0.1, -0.05) is 48.0 Å². The molecular formula is C30H30FN3O2. The SMILES string of the molecule is Cc1ccc(C(=O)N(CC(=O)N(CCc2c[nH]c3ccccc23)Cc2ccc(F)cc2)C2CC2)cc1. The summed E-state index contributed by atoms with van der Waals surface area (Å²) in [6.45, 7) is 2.87. The van der Waals surface area contributed by atoms with Crippen LogP contribution in [-0.2, 0) is 17.8 Å². The van der Waals surface area contributed by atoms with Gasteiger partial charge in [-0.3, -0.25) is 9.59 Å². The van der Waals surface area contributed by atoms with Gasteiger partial charge in [-0.15, -0.1) is 0 Å². The highest BCUT2D eigenvalue weighted by atomic mass is 19.1. The molecule has 1 fully saturated rings. The minimum Gasteiger partial charge on any atom is -0.361 e. The van der Waals surface area contributed by atoms with E-state index in [1.54, 1.807) is 21.9 Å². The van der Waals surface area contributed by atoms with Gasteiger partial charge >= 0.3 is 0 Å². The summed E-state index contributed by atoms with van der Waals surface area (Å²) in [4.78, 5) is 33.7. The second-order valence-corrected chi connectivity index (χ2v) is 9.58. The highest BCUT2D eigenvalue weighted by Crippen LogP contribution is 2.28. The lowest BCUT2D eigenvalue weighted by Crippen LogP contribution is -2.44. The van der Waals surface area contributed by atoms with Crippen molar-refractivity contribution in [1.82, 2.24) is 14.8 Å². The lowest BCUT2D eigenvalue weighted by atomic mass is 10.1. The molecule has 0 radical (unpaired) electrons. The molecule has 0 aliphatic heterocycles. The maximum atomic E-state index is 13.6. The molecule has 5 rings (SSSR count). The normalized spacial score (nSPS) is 13.1. The molecule has 0 bridgehead atoms. The predicted octanol–water partition coefficient (Wildman–Crippen LogP) is 5.49. The Morgan fingerprint density at radius 2 is 1.69 bits per heavy atom. The van der Waals surface area contributed by atoms with Crippen LogP contribution in [-0.4, -0.2) is 45.7 Å². The van der Waals surface area contributed by atoms with Crippen molar-refractivity contribution < 1.29 is 14.0 Å².